The summed E-state index contributed by atoms with van der Waals surface area (Å²) in [6, 6.07) is 30.7. The van der Waals surface area contributed by atoms with Gasteiger partial charge in [0.05, 0.1) is 16.6 Å². The summed E-state index contributed by atoms with van der Waals surface area (Å²) >= 11 is 3.46. The van der Waals surface area contributed by atoms with E-state index in [1.54, 1.807) is 4.57 Å². The van der Waals surface area contributed by atoms with Crippen molar-refractivity contribution < 1.29 is 4.74 Å². The van der Waals surface area contributed by atoms with Crippen molar-refractivity contribution in [2.24, 2.45) is 0 Å². The number of halogens is 1. The topological polar surface area (TPSA) is 44.1 Å². The molecule has 0 unspecified atom stereocenters. The quantitative estimate of drug-likeness (QED) is 0.279. The summed E-state index contributed by atoms with van der Waals surface area (Å²) in [6.45, 7) is 2.04. The number of rotatable bonds is 4. The van der Waals surface area contributed by atoms with Crippen LogP contribution in [0.1, 0.15) is 5.56 Å². The minimum atomic E-state index is -0.123. The molecule has 4 nitrogen and oxygen atoms in total. The van der Waals surface area contributed by atoms with Crippen LogP contribution in [-0.2, 0) is 0 Å². The Morgan fingerprint density at radius 1 is 0.812 bits per heavy atom. The molecule has 0 bridgehead atoms. The fourth-order valence-corrected chi connectivity index (χ4v) is 3.94. The maximum absolute atomic E-state index is 13.6. The zero-order valence-corrected chi connectivity index (χ0v) is 18.9. The van der Waals surface area contributed by atoms with Gasteiger partial charge in [-0.1, -0.05) is 64.0 Å². The summed E-state index contributed by atoms with van der Waals surface area (Å²) in [5.41, 5.74) is 3.31. The fourth-order valence-electron chi connectivity index (χ4n) is 3.58. The summed E-state index contributed by atoms with van der Waals surface area (Å²) in [7, 11) is 0. The summed E-state index contributed by atoms with van der Waals surface area (Å²) in [5, 5.41) is 0.555. The van der Waals surface area contributed by atoms with E-state index in [4.69, 9.17) is 9.72 Å². The Hall–Kier alpha value is -3.70. The molecule has 0 aliphatic carbocycles. The molecule has 0 aliphatic rings. The van der Waals surface area contributed by atoms with Crippen LogP contribution < -0.4 is 10.3 Å². The van der Waals surface area contributed by atoms with Crippen LogP contribution in [-0.4, -0.2) is 9.55 Å². The maximum atomic E-state index is 13.6. The number of aryl methyl sites for hydroxylation is 1. The molecule has 5 heteroatoms. The molecule has 0 amide bonds. The third-order valence-corrected chi connectivity index (χ3v) is 5.71. The Morgan fingerprint density at radius 3 is 2.16 bits per heavy atom. The molecular weight excluding hydrogens is 464 g/mol. The Labute approximate surface area is 193 Å². The number of ether oxygens (including phenoxy) is 1. The smallest absolute Gasteiger partial charge is 0.266 e. The van der Waals surface area contributed by atoms with Gasteiger partial charge in [-0.15, -0.1) is 0 Å². The van der Waals surface area contributed by atoms with Crippen molar-refractivity contribution in [2.75, 3.05) is 0 Å². The average Bonchev–Trinajstić information content (AvgIpc) is 2.82. The molecule has 0 saturated heterocycles. The van der Waals surface area contributed by atoms with Gasteiger partial charge in [-0.2, -0.15) is 0 Å². The highest BCUT2D eigenvalue weighted by atomic mass is 79.9. The second-order valence-corrected chi connectivity index (χ2v) is 8.43. The number of benzene rings is 4. The van der Waals surface area contributed by atoms with Crippen LogP contribution >= 0.6 is 15.9 Å². The highest BCUT2D eigenvalue weighted by Crippen LogP contribution is 2.26. The van der Waals surface area contributed by atoms with E-state index in [-0.39, 0.29) is 5.56 Å². The minimum absolute atomic E-state index is 0.123. The van der Waals surface area contributed by atoms with E-state index in [2.05, 4.69) is 15.9 Å². The van der Waals surface area contributed by atoms with Gasteiger partial charge in [-0.3, -0.25) is 9.36 Å². The van der Waals surface area contributed by atoms with E-state index in [1.165, 1.54) is 5.56 Å². The molecule has 0 saturated carbocycles. The fraction of sp³-hybridized carbons (Fsp3) is 0.0370. The molecular formula is C27H19BrN2O2. The molecule has 0 atom stereocenters. The Balaban J connectivity index is 1.63. The Bertz CT molecular complexity index is 1460. The van der Waals surface area contributed by atoms with Gasteiger partial charge in [-0.25, -0.2) is 4.98 Å². The highest BCUT2D eigenvalue weighted by molar-refractivity contribution is 9.10. The molecule has 5 aromatic rings. The van der Waals surface area contributed by atoms with Gasteiger partial charge in [0.25, 0.3) is 5.56 Å². The van der Waals surface area contributed by atoms with Crippen molar-refractivity contribution in [2.45, 2.75) is 6.92 Å². The second-order valence-electron chi connectivity index (χ2n) is 7.51. The van der Waals surface area contributed by atoms with E-state index < -0.39 is 0 Å². The van der Waals surface area contributed by atoms with Crippen molar-refractivity contribution in [3.8, 4) is 28.6 Å². The van der Waals surface area contributed by atoms with E-state index in [1.807, 2.05) is 104 Å². The van der Waals surface area contributed by atoms with E-state index in [0.29, 0.717) is 22.5 Å². The molecule has 0 fully saturated rings. The van der Waals surface area contributed by atoms with E-state index in [0.717, 1.165) is 21.5 Å². The molecule has 4 aromatic carbocycles. The minimum Gasteiger partial charge on any atom is -0.457 e. The normalized spacial score (nSPS) is 10.9. The SMILES string of the molecule is Cc1ccc(Oc2ccc(-n3c(-c4ccccc4)nc4ccc(Br)cc4c3=O)cc2)cc1. The van der Waals surface area contributed by atoms with Gasteiger partial charge in [0, 0.05) is 10.0 Å². The molecule has 1 aromatic heterocycles. The average molecular weight is 483 g/mol. The van der Waals surface area contributed by atoms with Crippen molar-refractivity contribution in [3.05, 3.63) is 117 Å². The first-order chi connectivity index (χ1) is 15.6. The molecule has 0 radical (unpaired) electrons. The third kappa shape index (κ3) is 3.95. The lowest BCUT2D eigenvalue weighted by atomic mass is 10.1. The predicted molar refractivity (Wildman–Crippen MR) is 132 cm³/mol. The van der Waals surface area contributed by atoms with Crippen LogP contribution in [0.2, 0.25) is 0 Å². The van der Waals surface area contributed by atoms with E-state index in [9.17, 15) is 4.79 Å². The van der Waals surface area contributed by atoms with E-state index >= 15 is 0 Å². The maximum Gasteiger partial charge on any atom is 0.266 e. The first-order valence-corrected chi connectivity index (χ1v) is 11.0. The number of hydrogen-bond acceptors (Lipinski definition) is 3. The van der Waals surface area contributed by atoms with Crippen LogP contribution in [0.15, 0.2) is 106 Å². The summed E-state index contributed by atoms with van der Waals surface area (Å²) in [5.74, 6) is 2.06. The number of hydrogen-bond donors (Lipinski definition) is 0. The molecule has 156 valence electrons. The van der Waals surface area contributed by atoms with Crippen LogP contribution in [0.3, 0.4) is 0 Å². The van der Waals surface area contributed by atoms with Crippen molar-refractivity contribution in [3.63, 3.8) is 0 Å². The monoisotopic (exact) mass is 482 g/mol. The predicted octanol–water partition coefficient (Wildman–Crippen LogP) is 6.92. The molecule has 0 aliphatic heterocycles. The molecule has 0 spiro atoms. The van der Waals surface area contributed by atoms with Gasteiger partial charge in [-0.05, 0) is 61.5 Å². The number of fused-ring (bicyclic) bond motifs is 1. The molecule has 0 N–H and O–H groups in total. The van der Waals surface area contributed by atoms with Crippen LogP contribution in [0.5, 0.6) is 11.5 Å². The Kier molecular flexibility index (Phi) is 5.33. The number of aromatic nitrogens is 2. The molecule has 5 rings (SSSR count). The summed E-state index contributed by atoms with van der Waals surface area (Å²) < 4.78 is 8.44. The largest absolute Gasteiger partial charge is 0.457 e. The summed E-state index contributed by atoms with van der Waals surface area (Å²) in [6.07, 6.45) is 0. The number of nitrogens with zero attached hydrogens (tertiary/aromatic N) is 2. The lowest BCUT2D eigenvalue weighted by Gasteiger charge is -2.15. The van der Waals surface area contributed by atoms with Crippen LogP contribution in [0, 0.1) is 6.92 Å². The summed E-state index contributed by atoms with van der Waals surface area (Å²) in [4.78, 5) is 18.4. The zero-order chi connectivity index (χ0) is 22.1. The standard InChI is InChI=1S/C27H19BrN2O2/c1-18-7-12-22(13-8-18)32-23-14-10-21(11-15-23)30-26(19-5-3-2-4-6-19)29-25-16-9-20(28)17-24(25)27(30)31/h2-17H,1H3. The van der Waals surface area contributed by atoms with Crippen LogP contribution in [0.4, 0.5) is 0 Å². The van der Waals surface area contributed by atoms with Crippen LogP contribution in [0.25, 0.3) is 28.0 Å². The molecule has 1 heterocycles. The van der Waals surface area contributed by atoms with Gasteiger partial charge in [0.1, 0.15) is 17.3 Å². The molecule has 32 heavy (non-hydrogen) atoms. The van der Waals surface area contributed by atoms with Gasteiger partial charge < -0.3 is 4.74 Å². The first-order valence-electron chi connectivity index (χ1n) is 10.2. The van der Waals surface area contributed by atoms with Gasteiger partial charge in [0.15, 0.2) is 0 Å². The second kappa shape index (κ2) is 8.44. The van der Waals surface area contributed by atoms with Gasteiger partial charge in [0.2, 0.25) is 0 Å². The van der Waals surface area contributed by atoms with Crippen molar-refractivity contribution in [1.29, 1.82) is 0 Å². The third-order valence-electron chi connectivity index (χ3n) is 5.21. The van der Waals surface area contributed by atoms with Crippen molar-refractivity contribution in [1.82, 2.24) is 9.55 Å². The van der Waals surface area contributed by atoms with Gasteiger partial charge >= 0.3 is 0 Å². The lowest BCUT2D eigenvalue weighted by Crippen LogP contribution is -2.22. The lowest BCUT2D eigenvalue weighted by molar-refractivity contribution is 0.482. The van der Waals surface area contributed by atoms with Crippen molar-refractivity contribution >= 4 is 26.8 Å². The Morgan fingerprint density at radius 2 is 1.47 bits per heavy atom. The highest BCUT2D eigenvalue weighted by Gasteiger charge is 2.15. The zero-order valence-electron chi connectivity index (χ0n) is 17.3. The first kappa shape index (κ1) is 20.2.